The van der Waals surface area contributed by atoms with Crippen molar-refractivity contribution >= 4 is 136 Å². The van der Waals surface area contributed by atoms with Gasteiger partial charge in [-0.05, 0) is 305 Å². The molecular formula is C132H138N8O9. The van der Waals surface area contributed by atoms with Crippen LogP contribution in [0.3, 0.4) is 0 Å². The maximum atomic E-state index is 12.5. The highest BCUT2D eigenvalue weighted by Crippen LogP contribution is 2.53. The van der Waals surface area contributed by atoms with Gasteiger partial charge in [-0.15, -0.1) is 0 Å². The Kier molecular flexibility index (Phi) is 30.3. The van der Waals surface area contributed by atoms with E-state index in [1.807, 2.05) is 60.7 Å². The van der Waals surface area contributed by atoms with Gasteiger partial charge in [0.2, 0.25) is 0 Å². The molecule has 149 heavy (non-hydrogen) atoms. The van der Waals surface area contributed by atoms with Crippen LogP contribution in [0.15, 0.2) is 224 Å². The van der Waals surface area contributed by atoms with Gasteiger partial charge in [-0.3, -0.25) is 0 Å². The number of aromatic hydroxyl groups is 1. The molecule has 5 N–H and O–H groups in total. The summed E-state index contributed by atoms with van der Waals surface area (Å²) in [6, 6.07) is 79.0. The molecule has 10 aromatic carbocycles. The largest absolute Gasteiger partial charge is 0.507 e. The number of phenolic OH excluding ortho intramolecular Hbond substituents is 1. The van der Waals surface area contributed by atoms with Crippen LogP contribution in [-0.2, 0) is 0 Å². The van der Waals surface area contributed by atoms with Gasteiger partial charge >= 0.3 is 0 Å². The van der Waals surface area contributed by atoms with E-state index in [-0.39, 0.29) is 5.75 Å². The number of hydrogen-bond donors (Lipinski definition) is 5. The molecule has 0 saturated heterocycles. The first-order valence-electron chi connectivity index (χ1n) is 53.8. The fourth-order valence-electron chi connectivity index (χ4n) is 20.2. The first kappa shape index (κ1) is 101. The highest BCUT2D eigenvalue weighted by molar-refractivity contribution is 6.26. The number of phenols is 1. The van der Waals surface area contributed by atoms with E-state index in [4.69, 9.17) is 57.8 Å². The summed E-state index contributed by atoms with van der Waals surface area (Å²) in [6.45, 7) is 39.8. The Morgan fingerprint density at radius 1 is 0.201 bits per heavy atom. The predicted octanol–water partition coefficient (Wildman–Crippen LogP) is 35.0. The van der Waals surface area contributed by atoms with Gasteiger partial charge in [0.25, 0.3) is 0 Å². The number of aromatic nitrogens is 8. The molecule has 17 heteroatoms. The van der Waals surface area contributed by atoms with Crippen LogP contribution >= 0.6 is 0 Å². The standard InChI is InChI=1S/C132H138N8O9/c1-78(2)49-57-142-92-65-86(66-93(74-92)143-58-50-79(3)4)122-108-35-33-90(133-108)73-91-34-36-109(134-91)123(87-67-94(144-59-51-80(5)6)75-95(68-87)145-60-52-81(7)8)111-38-44-117(136-111)129(116-43-37-110(122)135-116)126-100-25-17-19-27-102(100)127(103-28-20-18-26-101(103)126)130-118-45-39-112(137-118)124(88-69-96(146-61-53-82(9)10)76-97(70-88)147-62-54-83(11)12)114-41-47-120(139-114)131(128-104-29-21-23-31-106(104)132(141)107-32-24-22-30-105(107)128)121-48-42-115(140-121)125(113-40-46-119(130)138-113)89-71-98(148-63-55-84(13)14)77-99(72-89)149-64-56-85(15)16/h17-48,65-85,133,136-137,140-141H,49-64H2,1-16H3. The maximum absolute atomic E-state index is 12.5. The molecule has 0 atom stereocenters. The van der Waals surface area contributed by atoms with E-state index in [9.17, 15) is 5.11 Å². The zero-order chi connectivity index (χ0) is 103. The van der Waals surface area contributed by atoms with Crippen LogP contribution in [0.4, 0.5) is 0 Å². The van der Waals surface area contributed by atoms with Crippen molar-refractivity contribution in [3.05, 3.63) is 270 Å². The number of fused-ring (bicyclic) bond motifs is 20. The van der Waals surface area contributed by atoms with Gasteiger partial charge in [-0.25, -0.2) is 19.9 Å². The van der Waals surface area contributed by atoms with Crippen molar-refractivity contribution in [1.29, 1.82) is 0 Å². The van der Waals surface area contributed by atoms with E-state index in [0.29, 0.717) is 180 Å². The molecule has 760 valence electrons. The molecule has 0 radical (unpaired) electrons. The van der Waals surface area contributed by atoms with Crippen LogP contribution in [0.2, 0.25) is 0 Å². The van der Waals surface area contributed by atoms with Gasteiger partial charge in [0.05, 0.1) is 98.4 Å². The molecule has 16 aromatic rings. The Morgan fingerprint density at radius 3 is 0.638 bits per heavy atom. The molecule has 4 aliphatic heterocycles. The molecule has 4 aliphatic rings. The Hall–Kier alpha value is -15.4. The van der Waals surface area contributed by atoms with E-state index in [2.05, 4.69) is 343 Å². The van der Waals surface area contributed by atoms with Crippen LogP contribution in [-0.4, -0.2) is 97.8 Å². The van der Waals surface area contributed by atoms with Crippen molar-refractivity contribution in [2.45, 2.75) is 162 Å². The Morgan fingerprint density at radius 2 is 0.396 bits per heavy atom. The molecule has 16 bridgehead atoms. The predicted molar refractivity (Wildman–Crippen MR) is 621 cm³/mol. The monoisotopic (exact) mass is 1980 g/mol. The normalized spacial score (nSPS) is 12.5. The van der Waals surface area contributed by atoms with Gasteiger partial charge in [-0.1, -0.05) is 208 Å². The van der Waals surface area contributed by atoms with Crippen molar-refractivity contribution in [1.82, 2.24) is 39.9 Å². The third-order valence-electron chi connectivity index (χ3n) is 28.3. The molecule has 0 aliphatic carbocycles. The van der Waals surface area contributed by atoms with E-state index in [1.165, 1.54) is 0 Å². The maximum Gasteiger partial charge on any atom is 0.131 e. The lowest BCUT2D eigenvalue weighted by atomic mass is 9.85. The first-order chi connectivity index (χ1) is 72.3. The second kappa shape index (κ2) is 44.7. The average molecular weight is 1980 g/mol. The number of nitrogens with one attached hydrogen (secondary N) is 4. The quantitative estimate of drug-likeness (QED) is 0.0228. The minimum absolute atomic E-state index is 0.209. The van der Waals surface area contributed by atoms with Crippen LogP contribution < -0.4 is 37.9 Å². The molecule has 0 spiro atoms. The minimum atomic E-state index is 0.209. The molecule has 0 fully saturated rings. The molecule has 0 amide bonds. The summed E-state index contributed by atoms with van der Waals surface area (Å²) in [7, 11) is 0. The SMILES string of the molecule is CC(C)CCOc1cc(OCCC(C)C)cc(-c2c3nc(c(-c4c5ccccc5c(-c5c6nc(c(-c7cc(OCCC(C)C)cc(OCCC(C)C)c7)c7ccc([nH]7)c(-c7c8ccccc8c(O)c8ccccc78)c7nc(c(-c8cc(OCCC(C)C)cc(OCCC(C)C)c8)c8ccc5[nH]8)C=C7)C=C6)c5ccccc45)c4ccc([nH]4)c(-c4cc(OCCC(C)C)cc(OCCC(C)C)c4)c4nc(cc5ccc2[nH]5)C=C4)C=C3)c1. The molecule has 0 unspecified atom stereocenters. The summed E-state index contributed by atoms with van der Waals surface area (Å²) in [5.41, 5.74) is 24.4. The van der Waals surface area contributed by atoms with Gasteiger partial charge < -0.3 is 62.9 Å². The summed E-state index contributed by atoms with van der Waals surface area (Å²) < 4.78 is 54.7. The van der Waals surface area contributed by atoms with Gasteiger partial charge in [0.15, 0.2) is 0 Å². The molecule has 10 heterocycles. The zero-order valence-corrected chi connectivity index (χ0v) is 88.9. The fourth-order valence-corrected chi connectivity index (χ4v) is 20.2. The number of nitrogens with zero attached hydrogens (tertiary/aromatic N) is 4. The van der Waals surface area contributed by atoms with Crippen LogP contribution in [0, 0.1) is 47.3 Å². The number of aromatic amines is 4. The summed E-state index contributed by atoms with van der Waals surface area (Å²) >= 11 is 0. The van der Waals surface area contributed by atoms with Gasteiger partial charge in [-0.2, -0.15) is 0 Å². The third-order valence-corrected chi connectivity index (χ3v) is 28.3. The van der Waals surface area contributed by atoms with E-state index in [1.54, 1.807) is 0 Å². The Balaban J connectivity index is 0.918. The summed E-state index contributed by atoms with van der Waals surface area (Å²) in [5.74, 6) is 9.12. The summed E-state index contributed by atoms with van der Waals surface area (Å²) in [4.78, 5) is 40.4. The lowest BCUT2D eigenvalue weighted by molar-refractivity contribution is 0.276. The van der Waals surface area contributed by atoms with Crippen molar-refractivity contribution < 1.29 is 43.0 Å². The third kappa shape index (κ3) is 22.6. The topological polar surface area (TPSA) is 209 Å². The van der Waals surface area contributed by atoms with Gasteiger partial charge in [0, 0.05) is 135 Å². The van der Waals surface area contributed by atoms with Crippen LogP contribution in [0.25, 0.3) is 214 Å². The smallest absolute Gasteiger partial charge is 0.131 e. The van der Waals surface area contributed by atoms with Gasteiger partial charge in [0.1, 0.15) is 51.7 Å². The lowest BCUT2D eigenvalue weighted by Gasteiger charge is -2.19. The molecule has 0 saturated carbocycles. The highest BCUT2D eigenvalue weighted by atomic mass is 16.5. The molecule has 6 aromatic heterocycles. The second-order valence-corrected chi connectivity index (χ2v) is 43.5. The molecule has 20 rings (SSSR count). The molecular weight excluding hydrogens is 1840 g/mol. The van der Waals surface area contributed by atoms with Crippen molar-refractivity contribution in [2.24, 2.45) is 47.3 Å². The number of benzene rings is 10. The minimum Gasteiger partial charge on any atom is -0.507 e. The highest BCUT2D eigenvalue weighted by Gasteiger charge is 2.30. The van der Waals surface area contributed by atoms with E-state index < -0.39 is 0 Å². The van der Waals surface area contributed by atoms with Crippen LogP contribution in [0.1, 0.15) is 208 Å². The Labute approximate surface area is 875 Å². The number of ether oxygens (including phenoxy) is 8. The van der Waals surface area contributed by atoms with E-state index >= 15 is 0 Å². The van der Waals surface area contributed by atoms with E-state index in [0.717, 1.165) is 228 Å². The van der Waals surface area contributed by atoms with Crippen molar-refractivity contribution in [3.8, 4) is 130 Å². The van der Waals surface area contributed by atoms with Crippen molar-refractivity contribution in [2.75, 3.05) is 52.9 Å². The van der Waals surface area contributed by atoms with Crippen molar-refractivity contribution in [3.63, 3.8) is 0 Å². The lowest BCUT2D eigenvalue weighted by Crippen LogP contribution is -2.04. The zero-order valence-electron chi connectivity index (χ0n) is 88.9. The summed E-state index contributed by atoms with van der Waals surface area (Å²) in [5, 5.41) is 19.5. The Bertz CT molecular complexity index is 7840. The first-order valence-corrected chi connectivity index (χ1v) is 53.8. The summed E-state index contributed by atoms with van der Waals surface area (Å²) in [6.07, 6.45) is 24.2. The fraction of sp³-hybridized carbons (Fsp3) is 0.303. The number of H-pyrrole nitrogens is 4. The molecule has 17 nitrogen and oxygen atoms in total. The average Bonchev–Trinajstić information content (AvgIpc) is 1.69. The number of rotatable bonds is 39. The number of hydrogen-bond acceptors (Lipinski definition) is 13. The van der Waals surface area contributed by atoms with Crippen LogP contribution in [0.5, 0.6) is 51.7 Å². The second-order valence-electron chi connectivity index (χ2n) is 43.5.